The van der Waals surface area contributed by atoms with E-state index in [4.69, 9.17) is 4.74 Å². The van der Waals surface area contributed by atoms with Crippen LogP contribution in [0.15, 0.2) is 42.6 Å². The average molecular weight is 490 g/mol. The van der Waals surface area contributed by atoms with Crippen molar-refractivity contribution in [2.24, 2.45) is 0 Å². The van der Waals surface area contributed by atoms with Crippen molar-refractivity contribution in [1.82, 2.24) is 25.2 Å². The lowest BCUT2D eigenvalue weighted by molar-refractivity contribution is -0.136. The smallest absolute Gasteiger partial charge is 0.280 e. The van der Waals surface area contributed by atoms with Crippen molar-refractivity contribution in [3.63, 3.8) is 0 Å². The van der Waals surface area contributed by atoms with E-state index in [9.17, 15) is 23.6 Å². The summed E-state index contributed by atoms with van der Waals surface area (Å²) in [6, 6.07) is 8.41. The standard InChI is InChI=1S/C24H19FN6O5/c25-14-2-4-18-20(9-14)36-8-7-29(18)24(35)17-12-31(28-27-17)15-3-1-13-11-30(23(34)16(13)10-15)19-5-6-21(32)26-22(19)33/h1-4,9-10,12,19H,5-8,11H2,(H,26,32,33). The first-order chi connectivity index (χ1) is 17.4. The van der Waals surface area contributed by atoms with Gasteiger partial charge in [-0.15, -0.1) is 5.10 Å². The maximum Gasteiger partial charge on any atom is 0.280 e. The number of amides is 4. The number of halogens is 1. The number of carbonyl (C=O) groups excluding carboxylic acids is 4. The second-order valence-corrected chi connectivity index (χ2v) is 8.71. The van der Waals surface area contributed by atoms with Crippen LogP contribution >= 0.6 is 0 Å². The topological polar surface area (TPSA) is 127 Å². The maximum atomic E-state index is 13.6. The van der Waals surface area contributed by atoms with Crippen LogP contribution in [0, 0.1) is 5.82 Å². The van der Waals surface area contributed by atoms with Crippen molar-refractivity contribution >= 4 is 29.3 Å². The van der Waals surface area contributed by atoms with E-state index in [0.717, 1.165) is 5.56 Å². The molecule has 0 spiro atoms. The molecule has 12 heteroatoms. The Balaban J connectivity index is 1.24. The number of benzene rings is 2. The van der Waals surface area contributed by atoms with E-state index in [0.29, 0.717) is 16.9 Å². The molecule has 6 rings (SSSR count). The van der Waals surface area contributed by atoms with Crippen LogP contribution < -0.4 is 15.0 Å². The predicted octanol–water partition coefficient (Wildman–Crippen LogP) is 1.21. The van der Waals surface area contributed by atoms with Gasteiger partial charge in [0.2, 0.25) is 11.8 Å². The van der Waals surface area contributed by atoms with E-state index < -0.39 is 23.7 Å². The number of aromatic nitrogens is 3. The fourth-order valence-corrected chi connectivity index (χ4v) is 4.72. The number of anilines is 1. The zero-order valence-electron chi connectivity index (χ0n) is 18.8. The van der Waals surface area contributed by atoms with Gasteiger partial charge in [0.1, 0.15) is 24.2 Å². The number of piperidine rings is 1. The Bertz CT molecular complexity index is 1450. The van der Waals surface area contributed by atoms with Crippen molar-refractivity contribution in [1.29, 1.82) is 0 Å². The first kappa shape index (κ1) is 21.9. The highest BCUT2D eigenvalue weighted by Gasteiger charge is 2.39. The van der Waals surface area contributed by atoms with E-state index >= 15 is 0 Å². The van der Waals surface area contributed by atoms with Crippen LogP contribution in [-0.2, 0) is 16.1 Å². The molecule has 1 saturated heterocycles. The summed E-state index contributed by atoms with van der Waals surface area (Å²) in [5, 5.41) is 10.3. The SMILES string of the molecule is O=C1CCC(N2Cc3ccc(-n4cc(C(=O)N5CCOc6cc(F)ccc65)nn4)cc3C2=O)C(=O)N1. The van der Waals surface area contributed by atoms with Crippen LogP contribution in [0.3, 0.4) is 0 Å². The summed E-state index contributed by atoms with van der Waals surface area (Å²) < 4.78 is 20.4. The molecular weight excluding hydrogens is 471 g/mol. The summed E-state index contributed by atoms with van der Waals surface area (Å²) in [5.41, 5.74) is 2.21. The lowest BCUT2D eigenvalue weighted by Crippen LogP contribution is -2.52. The molecule has 1 N–H and O–H groups in total. The number of nitrogens with one attached hydrogen (secondary N) is 1. The normalized spacial score (nSPS) is 19.0. The summed E-state index contributed by atoms with van der Waals surface area (Å²) in [5.74, 6) is -1.73. The summed E-state index contributed by atoms with van der Waals surface area (Å²) in [6.45, 7) is 0.750. The first-order valence-electron chi connectivity index (χ1n) is 11.3. The third-order valence-corrected chi connectivity index (χ3v) is 6.52. The lowest BCUT2D eigenvalue weighted by atomic mass is 10.0. The van der Waals surface area contributed by atoms with Crippen LogP contribution in [-0.4, -0.2) is 62.7 Å². The Hall–Kier alpha value is -4.61. The molecule has 36 heavy (non-hydrogen) atoms. The van der Waals surface area contributed by atoms with Crippen LogP contribution in [0.1, 0.15) is 39.3 Å². The molecule has 1 fully saturated rings. The quantitative estimate of drug-likeness (QED) is 0.547. The molecule has 1 unspecified atom stereocenters. The minimum absolute atomic E-state index is 0.0733. The zero-order valence-corrected chi connectivity index (χ0v) is 18.8. The largest absolute Gasteiger partial charge is 0.489 e. The molecule has 1 aromatic heterocycles. The minimum atomic E-state index is -0.702. The minimum Gasteiger partial charge on any atom is -0.489 e. The monoisotopic (exact) mass is 490 g/mol. The molecule has 3 aliphatic heterocycles. The molecule has 3 aliphatic rings. The van der Waals surface area contributed by atoms with E-state index in [-0.39, 0.29) is 55.8 Å². The van der Waals surface area contributed by atoms with Gasteiger partial charge in [0, 0.05) is 24.6 Å². The molecule has 11 nitrogen and oxygen atoms in total. The Labute approximate surface area is 203 Å². The molecule has 1 atom stereocenters. The highest BCUT2D eigenvalue weighted by Crippen LogP contribution is 2.33. The number of rotatable bonds is 3. The van der Waals surface area contributed by atoms with Gasteiger partial charge in [-0.1, -0.05) is 11.3 Å². The summed E-state index contributed by atoms with van der Waals surface area (Å²) in [6.07, 6.45) is 1.92. The number of hydrogen-bond donors (Lipinski definition) is 1. The van der Waals surface area contributed by atoms with Crippen LogP contribution in [0.25, 0.3) is 5.69 Å². The number of imide groups is 1. The molecule has 0 bridgehead atoms. The number of fused-ring (bicyclic) bond motifs is 2. The third kappa shape index (κ3) is 3.58. The molecular formula is C24H19FN6O5. The molecule has 4 amide bonds. The first-order valence-corrected chi connectivity index (χ1v) is 11.3. The number of nitrogens with zero attached hydrogens (tertiary/aromatic N) is 5. The summed E-state index contributed by atoms with van der Waals surface area (Å²) >= 11 is 0. The van der Waals surface area contributed by atoms with E-state index in [1.165, 1.54) is 38.9 Å². The Morgan fingerprint density at radius 3 is 2.83 bits per heavy atom. The molecule has 0 radical (unpaired) electrons. The van der Waals surface area contributed by atoms with Crippen LogP contribution in [0.4, 0.5) is 10.1 Å². The molecule has 0 aliphatic carbocycles. The highest BCUT2D eigenvalue weighted by atomic mass is 19.1. The van der Waals surface area contributed by atoms with E-state index in [1.54, 1.807) is 18.2 Å². The van der Waals surface area contributed by atoms with Crippen molar-refractivity contribution < 1.29 is 28.3 Å². The Morgan fingerprint density at radius 1 is 1.14 bits per heavy atom. The molecule has 0 saturated carbocycles. The Kier molecular flexibility index (Phi) is 5.02. The highest BCUT2D eigenvalue weighted by molar-refractivity contribution is 6.06. The summed E-state index contributed by atoms with van der Waals surface area (Å²) in [4.78, 5) is 52.9. The molecule has 3 aromatic rings. The van der Waals surface area contributed by atoms with Gasteiger partial charge < -0.3 is 9.64 Å². The van der Waals surface area contributed by atoms with E-state index in [2.05, 4.69) is 15.6 Å². The lowest BCUT2D eigenvalue weighted by Gasteiger charge is -2.29. The number of hydrogen-bond acceptors (Lipinski definition) is 7. The second kappa shape index (κ2) is 8.26. The van der Waals surface area contributed by atoms with Gasteiger partial charge in [-0.3, -0.25) is 29.4 Å². The van der Waals surface area contributed by atoms with Gasteiger partial charge in [-0.2, -0.15) is 0 Å². The maximum absolute atomic E-state index is 13.6. The second-order valence-electron chi connectivity index (χ2n) is 8.71. The zero-order chi connectivity index (χ0) is 25.0. The van der Waals surface area contributed by atoms with Crippen molar-refractivity contribution in [3.8, 4) is 11.4 Å². The van der Waals surface area contributed by atoms with Crippen molar-refractivity contribution in [2.75, 3.05) is 18.1 Å². The number of carbonyl (C=O) groups is 4. The molecule has 4 heterocycles. The van der Waals surface area contributed by atoms with Gasteiger partial charge in [0.05, 0.1) is 24.1 Å². The predicted molar refractivity (Wildman–Crippen MR) is 121 cm³/mol. The van der Waals surface area contributed by atoms with Gasteiger partial charge in [0.15, 0.2) is 5.69 Å². The van der Waals surface area contributed by atoms with Crippen LogP contribution in [0.2, 0.25) is 0 Å². The fraction of sp³-hybridized carbons (Fsp3) is 0.250. The van der Waals surface area contributed by atoms with Gasteiger partial charge >= 0.3 is 0 Å². The third-order valence-electron chi connectivity index (χ3n) is 6.52. The number of ether oxygens (including phenoxy) is 1. The van der Waals surface area contributed by atoms with Crippen LogP contribution in [0.5, 0.6) is 5.75 Å². The molecule has 182 valence electrons. The average Bonchev–Trinajstić information content (AvgIpc) is 3.48. The fourth-order valence-electron chi connectivity index (χ4n) is 4.72. The van der Waals surface area contributed by atoms with Gasteiger partial charge in [0.25, 0.3) is 11.8 Å². The summed E-state index contributed by atoms with van der Waals surface area (Å²) in [7, 11) is 0. The Morgan fingerprint density at radius 2 is 2.00 bits per heavy atom. The van der Waals surface area contributed by atoms with E-state index in [1.807, 2.05) is 0 Å². The van der Waals surface area contributed by atoms with Gasteiger partial charge in [-0.05, 0) is 36.2 Å². The molecule has 2 aromatic carbocycles. The van der Waals surface area contributed by atoms with Gasteiger partial charge in [-0.25, -0.2) is 9.07 Å². The van der Waals surface area contributed by atoms with Crippen molar-refractivity contribution in [2.45, 2.75) is 25.4 Å². The van der Waals surface area contributed by atoms with Crippen molar-refractivity contribution in [3.05, 3.63) is 65.2 Å².